The summed E-state index contributed by atoms with van der Waals surface area (Å²) >= 11 is 0. The number of halogens is 1. The van der Waals surface area contributed by atoms with Gasteiger partial charge in [0.15, 0.2) is 0 Å². The Balaban J connectivity index is 1.61. The van der Waals surface area contributed by atoms with Crippen molar-refractivity contribution >= 4 is 17.9 Å². The summed E-state index contributed by atoms with van der Waals surface area (Å²) < 4.78 is 18.7. The van der Waals surface area contributed by atoms with E-state index in [4.69, 9.17) is 4.74 Å². The van der Waals surface area contributed by atoms with Crippen molar-refractivity contribution in [3.63, 3.8) is 0 Å². The number of rotatable bonds is 10. The second kappa shape index (κ2) is 14.3. The monoisotopic (exact) mass is 548 g/mol. The van der Waals surface area contributed by atoms with Gasteiger partial charge in [0.1, 0.15) is 23.5 Å². The average molecular weight is 549 g/mol. The van der Waals surface area contributed by atoms with E-state index >= 15 is 0 Å². The zero-order valence-corrected chi connectivity index (χ0v) is 24.6. The Hall–Kier alpha value is -2.42. The minimum Gasteiger partial charge on any atom is -0.444 e. The highest BCUT2D eigenvalue weighted by atomic mass is 19.1. The molecule has 3 aliphatic rings. The van der Waals surface area contributed by atoms with Crippen molar-refractivity contribution in [3.8, 4) is 0 Å². The van der Waals surface area contributed by atoms with Crippen molar-refractivity contribution in [1.29, 1.82) is 0 Å². The van der Waals surface area contributed by atoms with Gasteiger partial charge < -0.3 is 20.3 Å². The molecule has 9 heteroatoms. The fourth-order valence-corrected chi connectivity index (χ4v) is 5.69. The SMILES string of the molecule is CC(C(=O)NC(C(=O)N1CCCC1CNCCC1=CC=C(F)CC1)C1CCCCC1)N(C)C(=O)OC(C)(C)C. The molecule has 3 rings (SSSR count). The molecule has 3 amide bonds. The lowest BCUT2D eigenvalue weighted by Crippen LogP contribution is -2.58. The van der Waals surface area contributed by atoms with Crippen molar-refractivity contribution in [3.05, 3.63) is 23.6 Å². The van der Waals surface area contributed by atoms with Gasteiger partial charge in [0.2, 0.25) is 11.8 Å². The molecule has 3 unspecified atom stereocenters. The topological polar surface area (TPSA) is 91.0 Å². The maximum atomic E-state index is 13.9. The molecule has 0 aromatic carbocycles. The third-order valence-corrected chi connectivity index (χ3v) is 8.17. The van der Waals surface area contributed by atoms with Crippen LogP contribution >= 0.6 is 0 Å². The number of hydrogen-bond acceptors (Lipinski definition) is 5. The number of likely N-dealkylation sites (N-methyl/N-ethyl adjacent to an activating group) is 1. The summed E-state index contributed by atoms with van der Waals surface area (Å²) in [7, 11) is 1.55. The highest BCUT2D eigenvalue weighted by molar-refractivity contribution is 5.91. The van der Waals surface area contributed by atoms with E-state index in [2.05, 4.69) is 10.6 Å². The van der Waals surface area contributed by atoms with Gasteiger partial charge in [-0.1, -0.05) is 30.9 Å². The van der Waals surface area contributed by atoms with Gasteiger partial charge in [-0.25, -0.2) is 9.18 Å². The summed E-state index contributed by atoms with van der Waals surface area (Å²) in [5, 5.41) is 6.55. The maximum Gasteiger partial charge on any atom is 0.410 e. The summed E-state index contributed by atoms with van der Waals surface area (Å²) in [5.74, 6) is -0.317. The highest BCUT2D eigenvalue weighted by Crippen LogP contribution is 2.29. The number of ether oxygens (including phenoxy) is 1. The number of nitrogens with one attached hydrogen (secondary N) is 2. The van der Waals surface area contributed by atoms with Crippen LogP contribution in [0.25, 0.3) is 0 Å². The summed E-state index contributed by atoms with van der Waals surface area (Å²) in [6.45, 7) is 9.20. The molecule has 0 aromatic heterocycles. The summed E-state index contributed by atoms with van der Waals surface area (Å²) in [5.41, 5.74) is 0.581. The van der Waals surface area contributed by atoms with Crippen molar-refractivity contribution in [1.82, 2.24) is 20.4 Å². The van der Waals surface area contributed by atoms with E-state index in [0.717, 1.165) is 64.3 Å². The second-order valence-corrected chi connectivity index (χ2v) is 12.4. The molecule has 2 N–H and O–H groups in total. The number of carbonyl (C=O) groups excluding carboxylic acids is 3. The lowest BCUT2D eigenvalue weighted by atomic mass is 9.83. The molecule has 8 nitrogen and oxygen atoms in total. The first-order valence-electron chi connectivity index (χ1n) is 14.8. The van der Waals surface area contributed by atoms with E-state index < -0.39 is 23.8 Å². The number of likely N-dealkylation sites (tertiary alicyclic amines) is 1. The molecule has 0 spiro atoms. The molecule has 2 fully saturated rings. The zero-order chi connectivity index (χ0) is 28.6. The molecular formula is C30H49FN4O4. The third kappa shape index (κ3) is 9.33. The zero-order valence-electron chi connectivity index (χ0n) is 24.6. The van der Waals surface area contributed by atoms with Gasteiger partial charge in [-0.2, -0.15) is 0 Å². The molecule has 2 aliphatic carbocycles. The Labute approximate surface area is 233 Å². The molecule has 39 heavy (non-hydrogen) atoms. The molecule has 0 radical (unpaired) electrons. The van der Waals surface area contributed by atoms with Crippen LogP contribution in [0.3, 0.4) is 0 Å². The van der Waals surface area contributed by atoms with Gasteiger partial charge >= 0.3 is 6.09 Å². The van der Waals surface area contributed by atoms with E-state index in [-0.39, 0.29) is 29.6 Å². The van der Waals surface area contributed by atoms with Crippen LogP contribution in [0.5, 0.6) is 0 Å². The first-order chi connectivity index (χ1) is 18.5. The molecule has 3 atom stereocenters. The molecule has 1 aliphatic heterocycles. The normalized spacial score (nSPS) is 22.0. The first kappa shape index (κ1) is 31.1. The Morgan fingerprint density at radius 2 is 1.82 bits per heavy atom. The van der Waals surface area contributed by atoms with E-state index in [1.54, 1.807) is 40.8 Å². The maximum absolute atomic E-state index is 13.9. The van der Waals surface area contributed by atoms with Crippen LogP contribution in [0.15, 0.2) is 23.6 Å². The van der Waals surface area contributed by atoms with Crippen LogP contribution in [0.2, 0.25) is 0 Å². The van der Waals surface area contributed by atoms with Crippen molar-refractivity contribution in [2.75, 3.05) is 26.7 Å². The molecule has 1 saturated carbocycles. The Morgan fingerprint density at radius 3 is 2.46 bits per heavy atom. The summed E-state index contributed by atoms with van der Waals surface area (Å²) in [6.07, 6.45) is 11.9. The van der Waals surface area contributed by atoms with Crippen LogP contribution in [0.4, 0.5) is 9.18 Å². The van der Waals surface area contributed by atoms with Crippen molar-refractivity contribution < 1.29 is 23.5 Å². The third-order valence-electron chi connectivity index (χ3n) is 8.17. The molecule has 0 bridgehead atoms. The van der Waals surface area contributed by atoms with Crippen LogP contribution in [-0.2, 0) is 14.3 Å². The number of amides is 3. The smallest absolute Gasteiger partial charge is 0.410 e. The van der Waals surface area contributed by atoms with Crippen LogP contribution in [-0.4, -0.2) is 78.1 Å². The van der Waals surface area contributed by atoms with E-state index in [1.165, 1.54) is 10.5 Å². The largest absolute Gasteiger partial charge is 0.444 e. The summed E-state index contributed by atoms with van der Waals surface area (Å²) in [4.78, 5) is 43.0. The van der Waals surface area contributed by atoms with Gasteiger partial charge in [-0.3, -0.25) is 14.5 Å². The molecular weight excluding hydrogens is 499 g/mol. The minimum absolute atomic E-state index is 0.0118. The number of allylic oxidation sites excluding steroid dienone is 3. The molecule has 1 saturated heterocycles. The quantitative estimate of drug-likeness (QED) is 0.381. The molecule has 0 aromatic rings. The predicted molar refractivity (Wildman–Crippen MR) is 151 cm³/mol. The average Bonchev–Trinajstić information content (AvgIpc) is 3.37. The molecule has 1 heterocycles. The lowest BCUT2D eigenvalue weighted by molar-refractivity contribution is -0.140. The Bertz CT molecular complexity index is 922. The fraction of sp³-hybridized carbons (Fsp3) is 0.767. The van der Waals surface area contributed by atoms with E-state index in [0.29, 0.717) is 19.5 Å². The van der Waals surface area contributed by atoms with Crippen molar-refractivity contribution in [2.24, 2.45) is 5.92 Å². The second-order valence-electron chi connectivity index (χ2n) is 12.4. The minimum atomic E-state index is -0.771. The number of hydrogen-bond donors (Lipinski definition) is 2. The van der Waals surface area contributed by atoms with Gasteiger partial charge in [0.25, 0.3) is 0 Å². The molecule has 220 valence electrons. The van der Waals surface area contributed by atoms with Gasteiger partial charge in [-0.15, -0.1) is 0 Å². The predicted octanol–water partition coefficient (Wildman–Crippen LogP) is 4.85. The number of carbonyl (C=O) groups is 3. The van der Waals surface area contributed by atoms with Gasteiger partial charge in [0, 0.05) is 32.6 Å². The van der Waals surface area contributed by atoms with Crippen LogP contribution in [0, 0.1) is 5.92 Å². The Kier molecular flexibility index (Phi) is 11.4. The van der Waals surface area contributed by atoms with Gasteiger partial charge in [-0.05, 0) is 84.8 Å². The number of nitrogens with zero attached hydrogens (tertiary/aromatic N) is 2. The standard InChI is InChI=1S/C30H49FN4O4/c1-21(34(5)29(38)39-30(2,3)4)27(36)33-26(23-10-7-6-8-11-23)28(37)35-19-9-12-25(35)20-32-18-17-22-13-15-24(31)16-14-22/h13,15,21,23,25-26,32H,6-12,14,16-20H2,1-5H3,(H,33,36). The Morgan fingerprint density at radius 1 is 1.10 bits per heavy atom. The van der Waals surface area contributed by atoms with Gasteiger partial charge in [0.05, 0.1) is 0 Å². The first-order valence-corrected chi connectivity index (χ1v) is 14.8. The fourth-order valence-electron chi connectivity index (χ4n) is 5.69. The van der Waals surface area contributed by atoms with E-state index in [9.17, 15) is 18.8 Å². The lowest BCUT2D eigenvalue weighted by Gasteiger charge is -2.36. The van der Waals surface area contributed by atoms with Crippen LogP contribution in [0.1, 0.15) is 91.9 Å². The van der Waals surface area contributed by atoms with Crippen LogP contribution < -0.4 is 10.6 Å². The van der Waals surface area contributed by atoms with E-state index in [1.807, 2.05) is 11.0 Å². The highest BCUT2D eigenvalue weighted by Gasteiger charge is 2.39. The van der Waals surface area contributed by atoms with Crippen molar-refractivity contribution in [2.45, 2.75) is 116 Å². The summed E-state index contributed by atoms with van der Waals surface area (Å²) in [6, 6.07) is -1.28.